The van der Waals surface area contributed by atoms with Crippen LogP contribution in [0.15, 0.2) is 22.7 Å². The van der Waals surface area contributed by atoms with Crippen LogP contribution in [0.5, 0.6) is 0 Å². The van der Waals surface area contributed by atoms with Crippen LogP contribution in [0.1, 0.15) is 24.8 Å². The molecule has 0 saturated heterocycles. The molecule has 0 amide bonds. The molecular formula is C14H16BrFO. The van der Waals surface area contributed by atoms with Crippen molar-refractivity contribution >= 4 is 15.9 Å². The Bertz CT molecular complexity index is 424. The molecule has 17 heavy (non-hydrogen) atoms. The van der Waals surface area contributed by atoms with Crippen LogP contribution in [0.25, 0.3) is 0 Å². The van der Waals surface area contributed by atoms with Crippen molar-refractivity contribution in [3.05, 3.63) is 34.1 Å². The van der Waals surface area contributed by atoms with Gasteiger partial charge in [-0.05, 0) is 60.8 Å². The van der Waals surface area contributed by atoms with E-state index in [1.165, 1.54) is 31.4 Å². The molecular weight excluding hydrogens is 283 g/mol. The molecule has 3 rings (SSSR count). The molecule has 0 bridgehead atoms. The topological polar surface area (TPSA) is 20.2 Å². The number of fused-ring (bicyclic) bond motifs is 1. The van der Waals surface area contributed by atoms with E-state index in [2.05, 4.69) is 15.9 Å². The monoisotopic (exact) mass is 298 g/mol. The van der Waals surface area contributed by atoms with Crippen LogP contribution >= 0.6 is 15.9 Å². The van der Waals surface area contributed by atoms with Crippen LogP contribution < -0.4 is 0 Å². The van der Waals surface area contributed by atoms with Gasteiger partial charge in [-0.25, -0.2) is 4.39 Å². The first-order chi connectivity index (χ1) is 8.16. The number of halogens is 2. The zero-order chi connectivity index (χ0) is 12.0. The molecule has 2 aliphatic carbocycles. The average Bonchev–Trinajstić information content (AvgIpc) is 2.78. The lowest BCUT2D eigenvalue weighted by molar-refractivity contribution is 0.135. The number of hydrogen-bond acceptors (Lipinski definition) is 1. The summed E-state index contributed by atoms with van der Waals surface area (Å²) < 4.78 is 14.0. The minimum Gasteiger partial charge on any atom is -0.392 e. The van der Waals surface area contributed by atoms with E-state index in [4.69, 9.17) is 0 Å². The summed E-state index contributed by atoms with van der Waals surface area (Å²) in [6, 6.07) is 4.67. The van der Waals surface area contributed by atoms with E-state index in [1.54, 1.807) is 6.07 Å². The number of hydrogen-bond donors (Lipinski definition) is 1. The molecule has 0 spiro atoms. The normalized spacial score (nSPS) is 32.3. The second-order valence-corrected chi connectivity index (χ2v) is 6.20. The Balaban J connectivity index is 1.68. The van der Waals surface area contributed by atoms with Crippen molar-refractivity contribution in [1.29, 1.82) is 0 Å². The van der Waals surface area contributed by atoms with Gasteiger partial charge in [0, 0.05) is 4.47 Å². The SMILES string of the molecule is OC(Cc1cc(F)ccc1Br)C1C2CCCC21. The molecule has 0 aliphatic heterocycles. The van der Waals surface area contributed by atoms with Gasteiger partial charge >= 0.3 is 0 Å². The summed E-state index contributed by atoms with van der Waals surface area (Å²) in [5, 5.41) is 10.2. The zero-order valence-corrected chi connectivity index (χ0v) is 11.2. The quantitative estimate of drug-likeness (QED) is 0.905. The fraction of sp³-hybridized carbons (Fsp3) is 0.571. The third kappa shape index (κ3) is 2.15. The molecule has 3 atom stereocenters. The third-order valence-corrected chi connectivity index (χ3v) is 5.13. The van der Waals surface area contributed by atoms with Gasteiger partial charge in [-0.15, -0.1) is 0 Å². The molecule has 0 heterocycles. The Hall–Kier alpha value is -0.410. The third-order valence-electron chi connectivity index (χ3n) is 4.35. The Kier molecular flexibility index (Phi) is 2.99. The summed E-state index contributed by atoms with van der Waals surface area (Å²) in [5.41, 5.74) is 0.877. The van der Waals surface area contributed by atoms with Crippen molar-refractivity contribution in [3.8, 4) is 0 Å². The van der Waals surface area contributed by atoms with Crippen LogP contribution in [-0.2, 0) is 6.42 Å². The van der Waals surface area contributed by atoms with E-state index >= 15 is 0 Å². The molecule has 2 fully saturated rings. The highest BCUT2D eigenvalue weighted by molar-refractivity contribution is 9.10. The summed E-state index contributed by atoms with van der Waals surface area (Å²) in [6.07, 6.45) is 4.13. The summed E-state index contributed by atoms with van der Waals surface area (Å²) in [5.74, 6) is 1.74. The van der Waals surface area contributed by atoms with Gasteiger partial charge in [0.15, 0.2) is 0 Å². The van der Waals surface area contributed by atoms with E-state index < -0.39 is 0 Å². The van der Waals surface area contributed by atoms with Gasteiger partial charge in [-0.1, -0.05) is 22.4 Å². The molecule has 1 nitrogen and oxygen atoms in total. The Morgan fingerprint density at radius 1 is 1.35 bits per heavy atom. The van der Waals surface area contributed by atoms with Crippen molar-refractivity contribution in [3.63, 3.8) is 0 Å². The van der Waals surface area contributed by atoms with Gasteiger partial charge in [-0.3, -0.25) is 0 Å². The summed E-state index contributed by atoms with van der Waals surface area (Å²) in [4.78, 5) is 0. The highest BCUT2D eigenvalue weighted by atomic mass is 79.9. The smallest absolute Gasteiger partial charge is 0.123 e. The van der Waals surface area contributed by atoms with Crippen molar-refractivity contribution in [1.82, 2.24) is 0 Å². The zero-order valence-electron chi connectivity index (χ0n) is 9.57. The molecule has 3 unspecified atom stereocenters. The average molecular weight is 299 g/mol. The van der Waals surface area contributed by atoms with E-state index in [0.29, 0.717) is 12.3 Å². The maximum absolute atomic E-state index is 13.1. The predicted octanol–water partition coefficient (Wildman–Crippen LogP) is 3.54. The molecule has 1 aromatic rings. The first kappa shape index (κ1) is 11.7. The maximum Gasteiger partial charge on any atom is 0.123 e. The van der Waals surface area contributed by atoms with Crippen LogP contribution in [0.4, 0.5) is 4.39 Å². The first-order valence-electron chi connectivity index (χ1n) is 6.29. The molecule has 92 valence electrons. The molecule has 2 aliphatic rings. The van der Waals surface area contributed by atoms with Crippen molar-refractivity contribution in [2.75, 3.05) is 0 Å². The molecule has 0 aromatic heterocycles. The number of aliphatic hydroxyl groups excluding tert-OH is 1. The van der Waals surface area contributed by atoms with E-state index in [1.807, 2.05) is 0 Å². The summed E-state index contributed by atoms with van der Waals surface area (Å²) in [6.45, 7) is 0. The molecule has 2 saturated carbocycles. The summed E-state index contributed by atoms with van der Waals surface area (Å²) in [7, 11) is 0. The lowest BCUT2D eigenvalue weighted by atomic mass is 10.00. The maximum atomic E-state index is 13.1. The fourth-order valence-electron chi connectivity index (χ4n) is 3.51. The number of aliphatic hydroxyl groups is 1. The lowest BCUT2D eigenvalue weighted by Crippen LogP contribution is -2.16. The Morgan fingerprint density at radius 2 is 2.06 bits per heavy atom. The van der Waals surface area contributed by atoms with Crippen LogP contribution in [-0.4, -0.2) is 11.2 Å². The van der Waals surface area contributed by atoms with Crippen LogP contribution in [0.2, 0.25) is 0 Å². The Morgan fingerprint density at radius 3 is 2.76 bits per heavy atom. The van der Waals surface area contributed by atoms with E-state index in [-0.39, 0.29) is 11.9 Å². The van der Waals surface area contributed by atoms with Crippen molar-refractivity contribution in [2.24, 2.45) is 17.8 Å². The molecule has 1 N–H and O–H groups in total. The largest absolute Gasteiger partial charge is 0.392 e. The van der Waals surface area contributed by atoms with Gasteiger partial charge < -0.3 is 5.11 Å². The van der Waals surface area contributed by atoms with Gasteiger partial charge in [0.25, 0.3) is 0 Å². The molecule has 1 aromatic carbocycles. The van der Waals surface area contributed by atoms with Gasteiger partial charge in [0.2, 0.25) is 0 Å². The summed E-state index contributed by atoms with van der Waals surface area (Å²) >= 11 is 3.41. The lowest BCUT2D eigenvalue weighted by Gasteiger charge is -2.13. The van der Waals surface area contributed by atoms with Crippen molar-refractivity contribution < 1.29 is 9.50 Å². The Labute approximate surface area is 109 Å². The van der Waals surface area contributed by atoms with Crippen LogP contribution in [0, 0.1) is 23.6 Å². The van der Waals surface area contributed by atoms with Gasteiger partial charge in [0.05, 0.1) is 6.10 Å². The fourth-order valence-corrected chi connectivity index (χ4v) is 3.92. The predicted molar refractivity (Wildman–Crippen MR) is 68.1 cm³/mol. The molecule has 3 heteroatoms. The number of benzene rings is 1. The highest BCUT2D eigenvalue weighted by Gasteiger charge is 2.55. The van der Waals surface area contributed by atoms with Gasteiger partial charge in [0.1, 0.15) is 5.82 Å². The first-order valence-corrected chi connectivity index (χ1v) is 7.08. The van der Waals surface area contributed by atoms with Crippen LogP contribution in [0.3, 0.4) is 0 Å². The minimum atomic E-state index is -0.302. The van der Waals surface area contributed by atoms with E-state index in [0.717, 1.165) is 21.9 Å². The van der Waals surface area contributed by atoms with E-state index in [9.17, 15) is 9.50 Å². The van der Waals surface area contributed by atoms with Crippen molar-refractivity contribution in [2.45, 2.75) is 31.8 Å². The standard InChI is InChI=1S/C14H16BrFO/c15-12-5-4-9(16)6-8(12)7-13(17)14-10-2-1-3-11(10)14/h4-6,10-11,13-14,17H,1-3,7H2. The minimum absolute atomic E-state index is 0.230. The second kappa shape index (κ2) is 4.36. The molecule has 0 radical (unpaired) electrons. The van der Waals surface area contributed by atoms with Gasteiger partial charge in [-0.2, -0.15) is 0 Å². The number of rotatable bonds is 3. The second-order valence-electron chi connectivity index (χ2n) is 5.34. The highest BCUT2D eigenvalue weighted by Crippen LogP contribution is 2.59.